The Labute approximate surface area is 84.3 Å². The first-order chi connectivity index (χ1) is 6.90. The van der Waals surface area contributed by atoms with E-state index in [-0.39, 0.29) is 0 Å². The Bertz CT molecular complexity index is 312. The first kappa shape index (κ1) is 9.34. The molecule has 0 unspecified atom stereocenters. The molecular weight excluding hydrogens is 176 g/mol. The van der Waals surface area contributed by atoms with Crippen LogP contribution in [0.2, 0.25) is 0 Å². The van der Waals surface area contributed by atoms with Gasteiger partial charge in [0.1, 0.15) is 5.75 Å². The minimum atomic E-state index is 0.731. The summed E-state index contributed by atoms with van der Waals surface area (Å²) in [5, 5.41) is 3.32. The first-order valence-corrected chi connectivity index (χ1v) is 5.10. The molecule has 1 heterocycles. The minimum Gasteiger partial charge on any atom is -0.493 e. The molecule has 0 spiro atoms. The molecule has 1 aliphatic rings. The molecule has 0 atom stereocenters. The van der Waals surface area contributed by atoms with Gasteiger partial charge < -0.3 is 15.8 Å². The van der Waals surface area contributed by atoms with Gasteiger partial charge in [-0.3, -0.25) is 0 Å². The normalized spacial score (nSPS) is 13.5. The quantitative estimate of drug-likeness (QED) is 0.708. The van der Waals surface area contributed by atoms with Crippen LogP contribution in [0.4, 0.5) is 5.69 Å². The van der Waals surface area contributed by atoms with Gasteiger partial charge in [0, 0.05) is 24.7 Å². The fourth-order valence-electron chi connectivity index (χ4n) is 1.61. The zero-order valence-electron chi connectivity index (χ0n) is 8.25. The van der Waals surface area contributed by atoms with Crippen LogP contribution in [-0.4, -0.2) is 19.7 Å². The topological polar surface area (TPSA) is 47.3 Å². The molecule has 3 N–H and O–H groups in total. The van der Waals surface area contributed by atoms with Crippen LogP contribution in [0.5, 0.6) is 5.75 Å². The molecule has 14 heavy (non-hydrogen) atoms. The maximum absolute atomic E-state index is 5.48. The summed E-state index contributed by atoms with van der Waals surface area (Å²) >= 11 is 0. The fraction of sp³-hybridized carbons (Fsp3) is 0.455. The zero-order chi connectivity index (χ0) is 9.80. The van der Waals surface area contributed by atoms with Crippen molar-refractivity contribution in [3.05, 3.63) is 23.8 Å². The average molecular weight is 192 g/mol. The summed E-state index contributed by atoms with van der Waals surface area (Å²) in [5.41, 5.74) is 7.86. The molecule has 0 saturated heterocycles. The monoisotopic (exact) mass is 192 g/mol. The summed E-state index contributed by atoms with van der Waals surface area (Å²) in [6.07, 6.45) is 2.04. The van der Waals surface area contributed by atoms with Crippen LogP contribution in [-0.2, 0) is 6.42 Å². The van der Waals surface area contributed by atoms with Crippen molar-refractivity contribution in [2.75, 3.05) is 25.0 Å². The van der Waals surface area contributed by atoms with Crippen molar-refractivity contribution < 1.29 is 4.74 Å². The Morgan fingerprint density at radius 1 is 1.43 bits per heavy atom. The second-order valence-corrected chi connectivity index (χ2v) is 3.49. The second-order valence-electron chi connectivity index (χ2n) is 3.49. The lowest BCUT2D eigenvalue weighted by Crippen LogP contribution is -2.08. The summed E-state index contributed by atoms with van der Waals surface area (Å²) < 4.78 is 5.48. The van der Waals surface area contributed by atoms with E-state index in [4.69, 9.17) is 10.5 Å². The third-order valence-corrected chi connectivity index (χ3v) is 2.41. The van der Waals surface area contributed by atoms with Gasteiger partial charge in [0.15, 0.2) is 0 Å². The van der Waals surface area contributed by atoms with E-state index in [0.29, 0.717) is 0 Å². The Hall–Kier alpha value is -1.22. The highest BCUT2D eigenvalue weighted by molar-refractivity contribution is 5.52. The van der Waals surface area contributed by atoms with Gasteiger partial charge >= 0.3 is 0 Å². The number of hydrogen-bond donors (Lipinski definition) is 2. The number of benzene rings is 1. The van der Waals surface area contributed by atoms with Crippen molar-refractivity contribution in [2.24, 2.45) is 5.73 Å². The predicted molar refractivity (Wildman–Crippen MR) is 57.8 cm³/mol. The average Bonchev–Trinajstić information content (AvgIpc) is 2.65. The summed E-state index contributed by atoms with van der Waals surface area (Å²) in [6, 6.07) is 6.30. The lowest BCUT2D eigenvalue weighted by molar-refractivity contribution is 0.357. The molecule has 2 rings (SSSR count). The van der Waals surface area contributed by atoms with E-state index >= 15 is 0 Å². The maximum Gasteiger partial charge on any atom is 0.124 e. The minimum absolute atomic E-state index is 0.731. The van der Waals surface area contributed by atoms with Crippen molar-refractivity contribution in [1.82, 2.24) is 0 Å². The Morgan fingerprint density at radius 3 is 3.21 bits per heavy atom. The Kier molecular flexibility index (Phi) is 2.89. The molecule has 3 nitrogen and oxygen atoms in total. The van der Waals surface area contributed by atoms with Crippen LogP contribution in [0.25, 0.3) is 0 Å². The molecule has 0 bridgehead atoms. The second kappa shape index (κ2) is 4.33. The van der Waals surface area contributed by atoms with Crippen molar-refractivity contribution in [3.63, 3.8) is 0 Å². The highest BCUT2D eigenvalue weighted by Gasteiger charge is 2.11. The van der Waals surface area contributed by atoms with Crippen LogP contribution in [0.3, 0.4) is 0 Å². The van der Waals surface area contributed by atoms with Crippen molar-refractivity contribution in [1.29, 1.82) is 0 Å². The van der Waals surface area contributed by atoms with E-state index in [1.165, 1.54) is 5.56 Å². The molecule has 0 saturated carbocycles. The van der Waals surface area contributed by atoms with Gasteiger partial charge in [-0.1, -0.05) is 6.07 Å². The number of fused-ring (bicyclic) bond motifs is 1. The largest absolute Gasteiger partial charge is 0.493 e. The van der Waals surface area contributed by atoms with Crippen LogP contribution in [0.15, 0.2) is 18.2 Å². The zero-order valence-corrected chi connectivity index (χ0v) is 8.25. The molecule has 1 aromatic rings. The van der Waals surface area contributed by atoms with Crippen LogP contribution < -0.4 is 15.8 Å². The van der Waals surface area contributed by atoms with E-state index in [2.05, 4.69) is 23.5 Å². The summed E-state index contributed by atoms with van der Waals surface area (Å²) in [5.74, 6) is 1.03. The number of rotatable bonds is 4. The van der Waals surface area contributed by atoms with Crippen LogP contribution >= 0.6 is 0 Å². The molecule has 1 aliphatic heterocycles. The van der Waals surface area contributed by atoms with Gasteiger partial charge in [-0.2, -0.15) is 0 Å². The van der Waals surface area contributed by atoms with E-state index < -0.39 is 0 Å². The molecule has 0 aliphatic carbocycles. The standard InChI is InChI=1S/C11H16N2O/c12-5-1-6-13-10-3-2-9-4-7-14-11(9)8-10/h2-3,8,13H,1,4-7,12H2. The van der Waals surface area contributed by atoms with Gasteiger partial charge in [0.05, 0.1) is 6.61 Å². The molecular formula is C11H16N2O. The van der Waals surface area contributed by atoms with Crippen molar-refractivity contribution in [2.45, 2.75) is 12.8 Å². The molecule has 3 heteroatoms. The number of nitrogens with two attached hydrogens (primary N) is 1. The number of hydrogen-bond acceptors (Lipinski definition) is 3. The summed E-state index contributed by atoms with van der Waals surface area (Å²) in [6.45, 7) is 2.48. The van der Waals surface area contributed by atoms with Gasteiger partial charge in [0.2, 0.25) is 0 Å². The summed E-state index contributed by atoms with van der Waals surface area (Å²) in [4.78, 5) is 0. The molecule has 0 aromatic heterocycles. The van der Waals surface area contributed by atoms with E-state index in [9.17, 15) is 0 Å². The third-order valence-electron chi connectivity index (χ3n) is 2.41. The molecule has 0 radical (unpaired) electrons. The molecule has 1 aromatic carbocycles. The lowest BCUT2D eigenvalue weighted by atomic mass is 10.1. The smallest absolute Gasteiger partial charge is 0.124 e. The van der Waals surface area contributed by atoms with Crippen LogP contribution in [0, 0.1) is 0 Å². The molecule has 76 valence electrons. The van der Waals surface area contributed by atoms with E-state index in [1.54, 1.807) is 0 Å². The third kappa shape index (κ3) is 1.99. The highest BCUT2D eigenvalue weighted by atomic mass is 16.5. The van der Waals surface area contributed by atoms with Gasteiger partial charge in [-0.15, -0.1) is 0 Å². The number of nitrogens with one attached hydrogen (secondary N) is 1. The van der Waals surface area contributed by atoms with Gasteiger partial charge in [-0.25, -0.2) is 0 Å². The first-order valence-electron chi connectivity index (χ1n) is 5.10. The Balaban J connectivity index is 1.98. The van der Waals surface area contributed by atoms with Gasteiger partial charge in [0.25, 0.3) is 0 Å². The summed E-state index contributed by atoms with van der Waals surface area (Å²) in [7, 11) is 0. The Morgan fingerprint density at radius 2 is 2.36 bits per heavy atom. The van der Waals surface area contributed by atoms with Crippen LogP contribution in [0.1, 0.15) is 12.0 Å². The number of anilines is 1. The highest BCUT2D eigenvalue weighted by Crippen LogP contribution is 2.28. The fourth-order valence-corrected chi connectivity index (χ4v) is 1.61. The van der Waals surface area contributed by atoms with Crippen molar-refractivity contribution >= 4 is 5.69 Å². The predicted octanol–water partition coefficient (Wildman–Crippen LogP) is 1.38. The lowest BCUT2D eigenvalue weighted by Gasteiger charge is -2.06. The maximum atomic E-state index is 5.48. The molecule has 0 amide bonds. The number of ether oxygens (including phenoxy) is 1. The van der Waals surface area contributed by atoms with Crippen molar-refractivity contribution in [3.8, 4) is 5.75 Å². The van der Waals surface area contributed by atoms with E-state index in [0.717, 1.165) is 44.0 Å². The van der Waals surface area contributed by atoms with E-state index in [1.807, 2.05) is 0 Å². The SMILES string of the molecule is NCCCNc1ccc2c(c1)OCC2. The molecule has 0 fully saturated rings. The van der Waals surface area contributed by atoms with Gasteiger partial charge in [-0.05, 0) is 24.6 Å².